The van der Waals surface area contributed by atoms with Crippen LogP contribution in [0.4, 0.5) is 0 Å². The van der Waals surface area contributed by atoms with E-state index in [9.17, 15) is 4.79 Å². The molecule has 0 bridgehead atoms. The zero-order chi connectivity index (χ0) is 17.1. The third kappa shape index (κ3) is 3.25. The summed E-state index contributed by atoms with van der Waals surface area (Å²) >= 11 is 1.53. The van der Waals surface area contributed by atoms with Gasteiger partial charge in [-0.3, -0.25) is 9.78 Å². The highest BCUT2D eigenvalue weighted by Crippen LogP contribution is 2.30. The third-order valence-corrected chi connectivity index (χ3v) is 4.89. The lowest BCUT2D eigenvalue weighted by molar-refractivity contribution is 0.105. The Morgan fingerprint density at radius 2 is 1.60 bits per heavy atom. The minimum atomic E-state index is -0.0310. The molecular weight excluding hydrogens is 328 g/mol. The number of carbonyl (C=O) groups is 1. The summed E-state index contributed by atoms with van der Waals surface area (Å²) in [6, 6.07) is 21.0. The van der Waals surface area contributed by atoms with E-state index in [0.717, 1.165) is 20.8 Å². The van der Waals surface area contributed by atoms with E-state index in [1.807, 2.05) is 72.8 Å². The normalized spacial score (nSPS) is 11.6. The average molecular weight is 342 g/mol. The monoisotopic (exact) mass is 342 g/mol. The molecule has 0 aliphatic carbocycles. The molecule has 0 aliphatic heterocycles. The van der Waals surface area contributed by atoms with Crippen LogP contribution in [0.5, 0.6) is 0 Å². The molecule has 0 saturated carbocycles. The standard InChI is InChI=1S/C21H14N2OS/c24-20(16-6-2-1-3-7-16)17(14-15-10-12-22-13-11-15)21-23-18-8-4-5-9-19(18)25-21/h1-14H. The molecule has 0 amide bonds. The molecular formula is C21H14N2OS. The fraction of sp³-hybridized carbons (Fsp3) is 0. The molecule has 0 spiro atoms. The minimum absolute atomic E-state index is 0.0310. The molecule has 25 heavy (non-hydrogen) atoms. The lowest BCUT2D eigenvalue weighted by Gasteiger charge is -2.04. The van der Waals surface area contributed by atoms with E-state index in [-0.39, 0.29) is 5.78 Å². The lowest BCUT2D eigenvalue weighted by atomic mass is 10.0. The van der Waals surface area contributed by atoms with Crippen LogP contribution in [-0.4, -0.2) is 15.8 Å². The quantitative estimate of drug-likeness (QED) is 0.382. The van der Waals surface area contributed by atoms with Gasteiger partial charge in [0.05, 0.1) is 15.8 Å². The number of fused-ring (bicyclic) bond motifs is 1. The van der Waals surface area contributed by atoms with Crippen LogP contribution >= 0.6 is 11.3 Å². The molecule has 0 unspecified atom stereocenters. The van der Waals surface area contributed by atoms with E-state index in [2.05, 4.69) is 9.97 Å². The fourth-order valence-electron chi connectivity index (χ4n) is 2.58. The Kier molecular flexibility index (Phi) is 4.19. The van der Waals surface area contributed by atoms with Crippen molar-refractivity contribution in [1.82, 2.24) is 9.97 Å². The van der Waals surface area contributed by atoms with Crippen LogP contribution in [0.15, 0.2) is 79.1 Å². The van der Waals surface area contributed by atoms with Crippen molar-refractivity contribution in [2.24, 2.45) is 0 Å². The maximum absolute atomic E-state index is 13.1. The molecule has 120 valence electrons. The van der Waals surface area contributed by atoms with Crippen LogP contribution < -0.4 is 0 Å². The number of hydrogen-bond donors (Lipinski definition) is 0. The fourth-order valence-corrected chi connectivity index (χ4v) is 3.56. The Hall–Kier alpha value is -3.11. The molecule has 4 heteroatoms. The Balaban J connectivity index is 1.86. The predicted molar refractivity (Wildman–Crippen MR) is 103 cm³/mol. The van der Waals surface area contributed by atoms with E-state index in [1.54, 1.807) is 12.4 Å². The summed E-state index contributed by atoms with van der Waals surface area (Å²) in [6.45, 7) is 0. The zero-order valence-corrected chi connectivity index (χ0v) is 14.1. The second-order valence-electron chi connectivity index (χ2n) is 5.52. The SMILES string of the molecule is O=C(C(=Cc1ccncc1)c1nc2ccccc2s1)c1ccccc1. The van der Waals surface area contributed by atoms with Gasteiger partial charge in [-0.15, -0.1) is 11.3 Å². The predicted octanol–water partition coefficient (Wildman–Crippen LogP) is 5.11. The first kappa shape index (κ1) is 15.4. The summed E-state index contributed by atoms with van der Waals surface area (Å²) in [5, 5.41) is 0.729. The van der Waals surface area contributed by atoms with E-state index in [4.69, 9.17) is 0 Å². The molecule has 4 aromatic rings. The smallest absolute Gasteiger partial charge is 0.196 e. The van der Waals surface area contributed by atoms with Gasteiger partial charge < -0.3 is 0 Å². The van der Waals surface area contributed by atoms with E-state index in [0.29, 0.717) is 11.1 Å². The Morgan fingerprint density at radius 1 is 0.880 bits per heavy atom. The Morgan fingerprint density at radius 3 is 2.36 bits per heavy atom. The minimum Gasteiger partial charge on any atom is -0.288 e. The second kappa shape index (κ2) is 6.79. The third-order valence-electron chi connectivity index (χ3n) is 3.82. The van der Waals surface area contributed by atoms with Crippen LogP contribution in [0.1, 0.15) is 20.9 Å². The maximum Gasteiger partial charge on any atom is 0.196 e. The van der Waals surface area contributed by atoms with Crippen molar-refractivity contribution < 1.29 is 4.79 Å². The molecule has 0 atom stereocenters. The molecule has 4 rings (SSSR count). The Labute approximate surface area is 149 Å². The summed E-state index contributed by atoms with van der Waals surface area (Å²) in [7, 11) is 0. The molecule has 0 fully saturated rings. The molecule has 2 aromatic carbocycles. The number of rotatable bonds is 4. The highest BCUT2D eigenvalue weighted by atomic mass is 32.1. The van der Waals surface area contributed by atoms with E-state index >= 15 is 0 Å². The maximum atomic E-state index is 13.1. The topological polar surface area (TPSA) is 42.9 Å². The second-order valence-corrected chi connectivity index (χ2v) is 6.55. The number of thiazole rings is 1. The summed E-state index contributed by atoms with van der Waals surface area (Å²) in [5.74, 6) is -0.0310. The highest BCUT2D eigenvalue weighted by molar-refractivity contribution is 7.20. The van der Waals surface area contributed by atoms with Crippen LogP contribution in [0, 0.1) is 0 Å². The average Bonchev–Trinajstić information content (AvgIpc) is 3.11. The van der Waals surface area contributed by atoms with Gasteiger partial charge in [0.25, 0.3) is 0 Å². The summed E-state index contributed by atoms with van der Waals surface area (Å²) in [4.78, 5) is 21.8. The number of Topliss-reactive ketones (excluding diaryl/α,β-unsaturated/α-hetero) is 1. The van der Waals surface area contributed by atoms with Gasteiger partial charge in [-0.05, 0) is 35.9 Å². The van der Waals surface area contributed by atoms with Gasteiger partial charge in [0.1, 0.15) is 5.01 Å². The first-order valence-electron chi connectivity index (χ1n) is 7.89. The van der Waals surface area contributed by atoms with Crippen molar-refractivity contribution in [2.45, 2.75) is 0 Å². The van der Waals surface area contributed by atoms with Crippen molar-refractivity contribution in [1.29, 1.82) is 0 Å². The summed E-state index contributed by atoms with van der Waals surface area (Å²) in [5.41, 5.74) is 3.08. The molecule has 0 radical (unpaired) electrons. The van der Waals surface area contributed by atoms with Crippen LogP contribution in [0.2, 0.25) is 0 Å². The number of ketones is 1. The lowest BCUT2D eigenvalue weighted by Crippen LogP contribution is -2.02. The first-order chi connectivity index (χ1) is 12.3. The Bertz CT molecular complexity index is 1020. The van der Waals surface area contributed by atoms with Gasteiger partial charge in [0.15, 0.2) is 5.78 Å². The number of benzene rings is 2. The van der Waals surface area contributed by atoms with Gasteiger partial charge in [0, 0.05) is 18.0 Å². The number of nitrogens with zero attached hydrogens (tertiary/aromatic N) is 2. The van der Waals surface area contributed by atoms with Gasteiger partial charge in [-0.1, -0.05) is 42.5 Å². The number of hydrogen-bond acceptors (Lipinski definition) is 4. The van der Waals surface area contributed by atoms with Crippen LogP contribution in [-0.2, 0) is 0 Å². The van der Waals surface area contributed by atoms with Gasteiger partial charge in [-0.25, -0.2) is 4.98 Å². The molecule has 2 aromatic heterocycles. The van der Waals surface area contributed by atoms with E-state index < -0.39 is 0 Å². The zero-order valence-electron chi connectivity index (χ0n) is 13.3. The van der Waals surface area contributed by atoms with Crippen LogP contribution in [0.25, 0.3) is 21.9 Å². The van der Waals surface area contributed by atoms with E-state index in [1.165, 1.54) is 11.3 Å². The molecule has 0 aliphatic rings. The van der Waals surface area contributed by atoms with Crippen molar-refractivity contribution >= 4 is 39.0 Å². The number of para-hydroxylation sites is 1. The van der Waals surface area contributed by atoms with Crippen molar-refractivity contribution in [3.8, 4) is 0 Å². The van der Waals surface area contributed by atoms with Crippen molar-refractivity contribution in [2.75, 3.05) is 0 Å². The largest absolute Gasteiger partial charge is 0.288 e. The summed E-state index contributed by atoms with van der Waals surface area (Å²) in [6.07, 6.45) is 5.32. The number of aromatic nitrogens is 2. The molecule has 0 N–H and O–H groups in total. The van der Waals surface area contributed by atoms with Gasteiger partial charge in [0.2, 0.25) is 0 Å². The van der Waals surface area contributed by atoms with Gasteiger partial charge in [-0.2, -0.15) is 0 Å². The molecule has 3 nitrogen and oxygen atoms in total. The molecule has 2 heterocycles. The van der Waals surface area contributed by atoms with Gasteiger partial charge >= 0.3 is 0 Å². The highest BCUT2D eigenvalue weighted by Gasteiger charge is 2.18. The van der Waals surface area contributed by atoms with Crippen molar-refractivity contribution in [3.05, 3.63) is 95.3 Å². The molecule has 0 saturated heterocycles. The number of carbonyl (C=O) groups excluding carboxylic acids is 1. The van der Waals surface area contributed by atoms with Crippen LogP contribution in [0.3, 0.4) is 0 Å². The summed E-state index contributed by atoms with van der Waals surface area (Å²) < 4.78 is 1.07. The first-order valence-corrected chi connectivity index (χ1v) is 8.70. The van der Waals surface area contributed by atoms with Crippen molar-refractivity contribution in [3.63, 3.8) is 0 Å². The number of pyridine rings is 1. The number of allylic oxidation sites excluding steroid dienone is 1.